The van der Waals surface area contributed by atoms with E-state index >= 15 is 0 Å². The molecular weight excluding hydrogens is 474 g/mol. The number of hydrogen-bond donors (Lipinski definition) is 0. The Morgan fingerprint density at radius 3 is 2.69 bits per heavy atom. The van der Waals surface area contributed by atoms with Gasteiger partial charge in [0.15, 0.2) is 17.6 Å². The number of anilines is 1. The lowest BCUT2D eigenvalue weighted by molar-refractivity contribution is -0.286. The number of halogens is 2. The minimum absolute atomic E-state index is 0.150. The van der Waals surface area contributed by atoms with Crippen molar-refractivity contribution in [3.05, 3.63) is 65.9 Å². The molecule has 0 spiro atoms. The Balaban J connectivity index is 1.49. The molecule has 0 saturated heterocycles. The fourth-order valence-corrected chi connectivity index (χ4v) is 4.34. The molecule has 2 aromatic rings. The third-order valence-electron chi connectivity index (χ3n) is 6.23. The number of fused-ring (bicyclic) bond motifs is 2. The Morgan fingerprint density at radius 1 is 1.19 bits per heavy atom. The number of amides is 2. The van der Waals surface area contributed by atoms with Crippen molar-refractivity contribution in [2.24, 2.45) is 11.0 Å². The molecule has 0 aliphatic carbocycles. The summed E-state index contributed by atoms with van der Waals surface area (Å²) >= 11 is 0. The molecule has 5 rings (SSSR count). The van der Waals surface area contributed by atoms with Crippen LogP contribution < -0.4 is 14.4 Å². The summed E-state index contributed by atoms with van der Waals surface area (Å²) in [7, 11) is 1.45. The predicted molar refractivity (Wildman–Crippen MR) is 122 cm³/mol. The highest BCUT2D eigenvalue weighted by Gasteiger charge is 2.50. The zero-order valence-electron chi connectivity index (χ0n) is 19.4. The molecule has 11 heteroatoms. The van der Waals surface area contributed by atoms with Gasteiger partial charge in [-0.3, -0.25) is 9.59 Å². The van der Waals surface area contributed by atoms with Crippen LogP contribution in [0.15, 0.2) is 59.9 Å². The Bertz CT molecular complexity index is 1380. The van der Waals surface area contributed by atoms with E-state index < -0.39 is 35.7 Å². The van der Waals surface area contributed by atoms with Gasteiger partial charge in [0.2, 0.25) is 0 Å². The molecule has 36 heavy (non-hydrogen) atoms. The molecule has 9 nitrogen and oxygen atoms in total. The van der Waals surface area contributed by atoms with Crippen LogP contribution >= 0.6 is 0 Å². The van der Waals surface area contributed by atoms with Crippen LogP contribution in [0.2, 0.25) is 0 Å². The van der Waals surface area contributed by atoms with Crippen LogP contribution in [0.4, 0.5) is 14.5 Å². The monoisotopic (exact) mass is 494 g/mol. The quantitative estimate of drug-likeness (QED) is 0.645. The zero-order chi connectivity index (χ0) is 25.8. The van der Waals surface area contributed by atoms with Crippen LogP contribution in [0.25, 0.3) is 0 Å². The molecule has 0 bridgehead atoms. The van der Waals surface area contributed by atoms with E-state index in [1.165, 1.54) is 50.3 Å². The second kappa shape index (κ2) is 8.05. The van der Waals surface area contributed by atoms with Crippen LogP contribution in [0.5, 0.6) is 11.5 Å². The third kappa shape index (κ3) is 3.71. The zero-order valence-corrected chi connectivity index (χ0v) is 19.4. The normalized spacial score (nSPS) is 21.4. The average molecular weight is 494 g/mol. The first-order valence-electron chi connectivity index (χ1n) is 10.9. The van der Waals surface area contributed by atoms with Gasteiger partial charge in [0.05, 0.1) is 17.9 Å². The molecule has 3 aliphatic heterocycles. The number of ether oxygens (including phenoxy) is 3. The molecule has 2 atom stereocenters. The summed E-state index contributed by atoms with van der Waals surface area (Å²) in [6.45, 7) is 3.08. The van der Waals surface area contributed by atoms with Crippen molar-refractivity contribution >= 4 is 23.2 Å². The van der Waals surface area contributed by atoms with E-state index in [-0.39, 0.29) is 17.2 Å². The van der Waals surface area contributed by atoms with Crippen molar-refractivity contribution in [1.82, 2.24) is 5.01 Å². The molecule has 184 valence electrons. The largest absolute Gasteiger partial charge is 0.586 e. The highest BCUT2D eigenvalue weighted by Crippen LogP contribution is 2.43. The third-order valence-corrected chi connectivity index (χ3v) is 6.23. The van der Waals surface area contributed by atoms with Gasteiger partial charge in [-0.2, -0.15) is 10.4 Å². The maximum atomic E-state index is 13.6. The van der Waals surface area contributed by atoms with Gasteiger partial charge in [-0.1, -0.05) is 12.1 Å². The van der Waals surface area contributed by atoms with Crippen molar-refractivity contribution in [2.45, 2.75) is 31.8 Å². The lowest BCUT2D eigenvalue weighted by Gasteiger charge is -2.41. The standard InChI is InChI=1S/C25H20F2N4O5/c1-24(2,23(33)30(3)16-7-8-18-19(12-16)36-25(26,27)35-18)31-22(32)17-9-10-34-21(17)20(29-31)15-6-4-5-14(11-15)13-28/h4-12,17,21H,1-3H3. The SMILES string of the molecule is CN(C(=O)C(C)(C)N1N=C(c2cccc(C#N)c2)C2OC=CC2C1=O)c1ccc2c(c1)OC(F)(F)O2. The summed E-state index contributed by atoms with van der Waals surface area (Å²) in [5.41, 5.74) is 0.162. The van der Waals surface area contributed by atoms with Gasteiger partial charge in [0.25, 0.3) is 11.8 Å². The Labute approximate surface area is 204 Å². The minimum atomic E-state index is -3.79. The number of carbonyl (C=O) groups excluding carboxylic acids is 2. The number of alkyl halides is 2. The smallest absolute Gasteiger partial charge is 0.491 e. The molecule has 2 amide bonds. The second-order valence-corrected chi connectivity index (χ2v) is 8.96. The number of hydrogen-bond acceptors (Lipinski definition) is 7. The first-order valence-corrected chi connectivity index (χ1v) is 10.9. The van der Waals surface area contributed by atoms with Crippen molar-refractivity contribution in [1.29, 1.82) is 5.26 Å². The summed E-state index contributed by atoms with van der Waals surface area (Å²) in [6, 6.07) is 12.8. The van der Waals surface area contributed by atoms with Crippen LogP contribution in [-0.2, 0) is 14.3 Å². The Morgan fingerprint density at radius 2 is 1.94 bits per heavy atom. The molecule has 0 aromatic heterocycles. The van der Waals surface area contributed by atoms with Crippen LogP contribution in [0, 0.1) is 17.2 Å². The van der Waals surface area contributed by atoms with Crippen LogP contribution in [-0.4, -0.2) is 47.5 Å². The van der Waals surface area contributed by atoms with E-state index in [9.17, 15) is 23.6 Å². The van der Waals surface area contributed by atoms with E-state index in [1.807, 2.05) is 0 Å². The maximum absolute atomic E-state index is 13.6. The van der Waals surface area contributed by atoms with Crippen molar-refractivity contribution < 1.29 is 32.6 Å². The molecule has 2 unspecified atom stereocenters. The summed E-state index contributed by atoms with van der Waals surface area (Å²) in [5, 5.41) is 14.9. The van der Waals surface area contributed by atoms with Gasteiger partial charge in [0, 0.05) is 24.4 Å². The number of likely N-dealkylation sites (N-methyl/N-ethyl adjacent to an activating group) is 1. The van der Waals surface area contributed by atoms with Gasteiger partial charge < -0.3 is 19.1 Å². The Hall–Kier alpha value is -4.46. The second-order valence-electron chi connectivity index (χ2n) is 8.96. The Kier molecular flexibility index (Phi) is 5.21. The molecule has 0 fully saturated rings. The molecule has 0 saturated carbocycles. The average Bonchev–Trinajstić information content (AvgIpc) is 3.46. The lowest BCUT2D eigenvalue weighted by Crippen LogP contribution is -2.60. The summed E-state index contributed by atoms with van der Waals surface area (Å²) in [5.74, 6) is -2.04. The fourth-order valence-electron chi connectivity index (χ4n) is 4.34. The maximum Gasteiger partial charge on any atom is 0.586 e. The number of carbonyl (C=O) groups is 2. The van der Waals surface area contributed by atoms with Crippen LogP contribution in [0.3, 0.4) is 0 Å². The fraction of sp³-hybridized carbons (Fsp3) is 0.280. The number of hydrazone groups is 1. The van der Waals surface area contributed by atoms with Gasteiger partial charge in [-0.25, -0.2) is 5.01 Å². The topological polar surface area (TPSA) is 104 Å². The van der Waals surface area contributed by atoms with Gasteiger partial charge in [-0.15, -0.1) is 8.78 Å². The number of nitriles is 1. The van der Waals surface area contributed by atoms with E-state index in [4.69, 9.17) is 4.74 Å². The van der Waals surface area contributed by atoms with Crippen LogP contribution in [0.1, 0.15) is 25.0 Å². The van der Waals surface area contributed by atoms with Crippen molar-refractivity contribution in [2.75, 3.05) is 11.9 Å². The molecular formula is C25H20F2N4O5. The molecule has 3 heterocycles. The highest BCUT2D eigenvalue weighted by molar-refractivity contribution is 6.11. The first-order chi connectivity index (χ1) is 17.0. The molecule has 2 aromatic carbocycles. The van der Waals surface area contributed by atoms with E-state index in [1.54, 1.807) is 30.3 Å². The summed E-state index contributed by atoms with van der Waals surface area (Å²) in [4.78, 5) is 28.2. The van der Waals surface area contributed by atoms with E-state index in [0.29, 0.717) is 16.8 Å². The van der Waals surface area contributed by atoms with Gasteiger partial charge in [0.1, 0.15) is 17.2 Å². The number of nitrogens with zero attached hydrogens (tertiary/aromatic N) is 4. The van der Waals surface area contributed by atoms with E-state index in [0.717, 1.165) is 5.01 Å². The summed E-state index contributed by atoms with van der Waals surface area (Å²) in [6.07, 6.45) is -1.46. The van der Waals surface area contributed by atoms with Crippen molar-refractivity contribution in [3.8, 4) is 17.6 Å². The number of benzene rings is 2. The highest BCUT2D eigenvalue weighted by atomic mass is 19.3. The molecule has 3 aliphatic rings. The van der Waals surface area contributed by atoms with Gasteiger partial charge in [-0.05, 0) is 44.2 Å². The van der Waals surface area contributed by atoms with Crippen molar-refractivity contribution in [3.63, 3.8) is 0 Å². The lowest BCUT2D eigenvalue weighted by atomic mass is 9.90. The first kappa shape index (κ1) is 23.3. The molecule has 0 N–H and O–H groups in total. The van der Waals surface area contributed by atoms with E-state index in [2.05, 4.69) is 20.6 Å². The summed E-state index contributed by atoms with van der Waals surface area (Å²) < 4.78 is 41.4. The minimum Gasteiger partial charge on any atom is -0.491 e. The van der Waals surface area contributed by atoms with Gasteiger partial charge >= 0.3 is 6.29 Å². The predicted octanol–water partition coefficient (Wildman–Crippen LogP) is 3.40. The molecule has 0 radical (unpaired) electrons. The number of rotatable bonds is 4.